The number of amides is 1. The zero-order valence-corrected chi connectivity index (χ0v) is 14.7. The van der Waals surface area contributed by atoms with Crippen LogP contribution in [0.1, 0.15) is 28.9 Å². The Morgan fingerprint density at radius 1 is 1.46 bits per heavy atom. The van der Waals surface area contributed by atoms with Crippen LogP contribution in [0.4, 0.5) is 0 Å². The van der Waals surface area contributed by atoms with Crippen molar-refractivity contribution in [1.29, 1.82) is 0 Å². The van der Waals surface area contributed by atoms with E-state index in [1.54, 1.807) is 0 Å². The molecule has 7 nitrogen and oxygen atoms in total. The predicted molar refractivity (Wildman–Crippen MR) is 92.3 cm³/mol. The number of benzene rings is 1. The highest BCUT2D eigenvalue weighted by Gasteiger charge is 2.26. The fourth-order valence-corrected chi connectivity index (χ4v) is 4.06. The molecule has 2 N–H and O–H groups in total. The number of H-pyrrole nitrogens is 1. The molecule has 1 aliphatic heterocycles. The first kappa shape index (κ1) is 16.9. The molecule has 8 heteroatoms. The number of aromatic amines is 1. The van der Waals surface area contributed by atoms with Gasteiger partial charge in [0.05, 0.1) is 11.8 Å². The quantitative estimate of drug-likeness (QED) is 0.868. The van der Waals surface area contributed by atoms with Crippen LogP contribution in [0.25, 0.3) is 10.9 Å². The molecule has 2 heterocycles. The summed E-state index contributed by atoms with van der Waals surface area (Å²) < 4.78 is 24.8. The first-order valence-electron chi connectivity index (χ1n) is 8.02. The molecule has 1 amide bonds. The van der Waals surface area contributed by atoms with E-state index in [-0.39, 0.29) is 11.8 Å². The lowest BCUT2D eigenvalue weighted by Gasteiger charge is -2.30. The van der Waals surface area contributed by atoms with Gasteiger partial charge in [0.25, 0.3) is 5.91 Å². The maximum atomic E-state index is 12.4. The number of nitrogens with one attached hydrogen (secondary N) is 2. The second-order valence-corrected chi connectivity index (χ2v) is 8.44. The number of hydrogen-bond acceptors (Lipinski definition) is 4. The van der Waals surface area contributed by atoms with Crippen LogP contribution in [0.15, 0.2) is 18.2 Å². The highest BCUT2D eigenvalue weighted by Crippen LogP contribution is 2.19. The van der Waals surface area contributed by atoms with Gasteiger partial charge in [-0.25, -0.2) is 12.7 Å². The molecule has 3 rings (SSSR count). The Balaban J connectivity index is 1.66. The second kappa shape index (κ2) is 6.52. The standard InChI is InChI=1S/C16H22N4O3S/c1-11-5-6-14-13(8-11)15(19-18-14)16(21)17-9-12-4-3-7-20(10-12)24(2,22)23/h5-6,8,12H,3-4,7,9-10H2,1-2H3,(H,17,21)(H,18,19)/t12-/m0/s1. The van der Waals surface area contributed by atoms with Crippen LogP contribution in [0.5, 0.6) is 0 Å². The van der Waals surface area contributed by atoms with Gasteiger partial charge in [0.15, 0.2) is 5.69 Å². The Morgan fingerprint density at radius 2 is 2.25 bits per heavy atom. The van der Waals surface area contributed by atoms with Gasteiger partial charge in [0, 0.05) is 25.0 Å². The average Bonchev–Trinajstić information content (AvgIpc) is 2.95. The molecule has 0 radical (unpaired) electrons. The monoisotopic (exact) mass is 350 g/mol. The third-order valence-corrected chi connectivity index (χ3v) is 5.71. The summed E-state index contributed by atoms with van der Waals surface area (Å²) in [5.41, 5.74) is 2.27. The van der Waals surface area contributed by atoms with Crippen LogP contribution in [0.2, 0.25) is 0 Å². The van der Waals surface area contributed by atoms with E-state index in [0.29, 0.717) is 25.3 Å². The average molecular weight is 350 g/mol. The van der Waals surface area contributed by atoms with E-state index in [1.165, 1.54) is 10.6 Å². The molecule has 1 aromatic carbocycles. The van der Waals surface area contributed by atoms with E-state index in [9.17, 15) is 13.2 Å². The summed E-state index contributed by atoms with van der Waals surface area (Å²) in [6.07, 6.45) is 2.96. The molecule has 0 spiro atoms. The fourth-order valence-electron chi connectivity index (χ4n) is 3.12. The first-order chi connectivity index (χ1) is 11.3. The van der Waals surface area contributed by atoms with E-state index in [4.69, 9.17) is 0 Å². The van der Waals surface area contributed by atoms with Crippen LogP contribution in [-0.2, 0) is 10.0 Å². The number of rotatable bonds is 4. The van der Waals surface area contributed by atoms with Crippen LogP contribution >= 0.6 is 0 Å². The van der Waals surface area contributed by atoms with E-state index < -0.39 is 10.0 Å². The maximum Gasteiger partial charge on any atom is 0.272 e. The number of carbonyl (C=O) groups is 1. The van der Waals surface area contributed by atoms with Crippen molar-refractivity contribution in [1.82, 2.24) is 19.8 Å². The van der Waals surface area contributed by atoms with Crippen molar-refractivity contribution in [2.24, 2.45) is 5.92 Å². The Bertz CT molecular complexity index is 859. The Hall–Kier alpha value is -1.93. The lowest BCUT2D eigenvalue weighted by Crippen LogP contribution is -2.43. The van der Waals surface area contributed by atoms with Gasteiger partial charge in [0.1, 0.15) is 0 Å². The number of nitrogens with zero attached hydrogens (tertiary/aromatic N) is 2. The van der Waals surface area contributed by atoms with E-state index in [2.05, 4.69) is 15.5 Å². The van der Waals surface area contributed by atoms with E-state index >= 15 is 0 Å². The number of aryl methyl sites for hydroxylation is 1. The SMILES string of the molecule is Cc1ccc2[nH]nc(C(=O)NC[C@@H]3CCCN(S(C)(=O)=O)C3)c2c1. The minimum atomic E-state index is -3.17. The van der Waals surface area contributed by atoms with Crippen molar-refractivity contribution in [2.45, 2.75) is 19.8 Å². The molecule has 0 unspecified atom stereocenters. The second-order valence-electron chi connectivity index (χ2n) is 6.46. The Kier molecular flexibility index (Phi) is 4.60. The number of piperidine rings is 1. The van der Waals surface area contributed by atoms with E-state index in [1.807, 2.05) is 25.1 Å². The van der Waals surface area contributed by atoms with Gasteiger partial charge < -0.3 is 5.32 Å². The fraction of sp³-hybridized carbons (Fsp3) is 0.500. The van der Waals surface area contributed by atoms with E-state index in [0.717, 1.165) is 29.3 Å². The van der Waals surface area contributed by atoms with Gasteiger partial charge in [-0.2, -0.15) is 5.10 Å². The van der Waals surface area contributed by atoms with Crippen molar-refractivity contribution in [3.05, 3.63) is 29.5 Å². The zero-order chi connectivity index (χ0) is 17.3. The number of hydrogen-bond donors (Lipinski definition) is 2. The van der Waals surface area contributed by atoms with Crippen LogP contribution < -0.4 is 5.32 Å². The Morgan fingerprint density at radius 3 is 3.00 bits per heavy atom. The third-order valence-electron chi connectivity index (χ3n) is 4.44. The van der Waals surface area contributed by atoms with Crippen LogP contribution in [-0.4, -0.2) is 54.7 Å². The summed E-state index contributed by atoms with van der Waals surface area (Å²) in [6.45, 7) is 3.44. The molecule has 1 aliphatic rings. The predicted octanol–water partition coefficient (Wildman–Crippen LogP) is 1.27. The molecular formula is C16H22N4O3S. The van der Waals surface area contributed by atoms with Crippen molar-refractivity contribution in [3.63, 3.8) is 0 Å². The molecule has 1 saturated heterocycles. The summed E-state index contributed by atoms with van der Waals surface area (Å²) >= 11 is 0. The van der Waals surface area contributed by atoms with Gasteiger partial charge >= 0.3 is 0 Å². The number of aromatic nitrogens is 2. The number of sulfonamides is 1. The van der Waals surface area contributed by atoms with Gasteiger partial charge in [-0.3, -0.25) is 9.89 Å². The van der Waals surface area contributed by atoms with Crippen molar-refractivity contribution >= 4 is 26.8 Å². The zero-order valence-electron chi connectivity index (χ0n) is 13.9. The van der Waals surface area contributed by atoms with Gasteiger partial charge in [-0.05, 0) is 37.8 Å². The molecule has 1 atom stereocenters. The first-order valence-corrected chi connectivity index (χ1v) is 9.87. The van der Waals surface area contributed by atoms with Crippen molar-refractivity contribution < 1.29 is 13.2 Å². The highest BCUT2D eigenvalue weighted by molar-refractivity contribution is 7.88. The summed E-state index contributed by atoms with van der Waals surface area (Å²) in [4.78, 5) is 12.4. The topological polar surface area (TPSA) is 95.2 Å². The third kappa shape index (κ3) is 3.59. The lowest BCUT2D eigenvalue weighted by molar-refractivity contribution is 0.0938. The highest BCUT2D eigenvalue weighted by atomic mass is 32.2. The summed E-state index contributed by atoms with van der Waals surface area (Å²) in [5, 5.41) is 10.7. The molecule has 0 bridgehead atoms. The Labute approximate surface area is 141 Å². The maximum absolute atomic E-state index is 12.4. The lowest BCUT2D eigenvalue weighted by atomic mass is 9.99. The minimum absolute atomic E-state index is 0.129. The van der Waals surface area contributed by atoms with Crippen molar-refractivity contribution in [2.75, 3.05) is 25.9 Å². The molecule has 1 aromatic heterocycles. The van der Waals surface area contributed by atoms with Gasteiger partial charge in [-0.15, -0.1) is 0 Å². The smallest absolute Gasteiger partial charge is 0.272 e. The largest absolute Gasteiger partial charge is 0.350 e. The van der Waals surface area contributed by atoms with Crippen LogP contribution in [0.3, 0.4) is 0 Å². The molecule has 2 aromatic rings. The van der Waals surface area contributed by atoms with Gasteiger partial charge in [-0.1, -0.05) is 11.6 Å². The number of carbonyl (C=O) groups excluding carboxylic acids is 1. The molecular weight excluding hydrogens is 328 g/mol. The summed E-state index contributed by atoms with van der Waals surface area (Å²) in [7, 11) is -3.17. The summed E-state index contributed by atoms with van der Waals surface area (Å²) in [5.74, 6) is -0.104. The number of fused-ring (bicyclic) bond motifs is 1. The van der Waals surface area contributed by atoms with Crippen molar-refractivity contribution in [3.8, 4) is 0 Å². The summed E-state index contributed by atoms with van der Waals surface area (Å²) in [6, 6.07) is 5.79. The van der Waals surface area contributed by atoms with Crippen LogP contribution in [0, 0.1) is 12.8 Å². The minimum Gasteiger partial charge on any atom is -0.350 e. The normalized spacial score (nSPS) is 19.5. The molecule has 0 saturated carbocycles. The van der Waals surface area contributed by atoms with Gasteiger partial charge in [0.2, 0.25) is 10.0 Å². The molecule has 1 fully saturated rings. The molecule has 24 heavy (non-hydrogen) atoms. The molecule has 130 valence electrons. The molecule has 0 aliphatic carbocycles.